The van der Waals surface area contributed by atoms with Crippen LogP contribution >= 0.6 is 0 Å². The molecule has 1 saturated carbocycles. The lowest BCUT2D eigenvalue weighted by Crippen LogP contribution is -2.64. The number of nitrogens with zero attached hydrogens (tertiary/aromatic N) is 2. The molecule has 0 bridgehead atoms. The summed E-state index contributed by atoms with van der Waals surface area (Å²) >= 11 is 0. The first-order valence-corrected chi connectivity index (χ1v) is 8.88. The van der Waals surface area contributed by atoms with E-state index >= 15 is 0 Å². The minimum atomic E-state index is -0.395. The van der Waals surface area contributed by atoms with E-state index in [1.807, 2.05) is 25.7 Å². The van der Waals surface area contributed by atoms with Crippen molar-refractivity contribution in [2.24, 2.45) is 5.92 Å². The lowest BCUT2D eigenvalue weighted by Gasteiger charge is -2.50. The van der Waals surface area contributed by atoms with Crippen molar-refractivity contribution >= 4 is 6.09 Å². The highest BCUT2D eigenvalue weighted by Crippen LogP contribution is 2.30. The first kappa shape index (κ1) is 16.1. The Balaban J connectivity index is 1.43. The Morgan fingerprint density at radius 1 is 1.14 bits per heavy atom. The fraction of sp³-hybridized carbons (Fsp3) is 0.941. The topological polar surface area (TPSA) is 44.8 Å². The number of carbonyl (C=O) groups is 1. The van der Waals surface area contributed by atoms with Crippen LogP contribution in [0.4, 0.5) is 4.79 Å². The zero-order valence-corrected chi connectivity index (χ0v) is 14.3. The summed E-state index contributed by atoms with van der Waals surface area (Å²) in [5.74, 6) is 0.734. The van der Waals surface area contributed by atoms with Gasteiger partial charge in [0.05, 0.1) is 0 Å². The monoisotopic (exact) mass is 309 g/mol. The molecule has 0 aromatic heterocycles. The number of piperazine rings is 1. The molecular formula is C17H31N3O2. The van der Waals surface area contributed by atoms with E-state index in [-0.39, 0.29) is 6.09 Å². The molecule has 3 aliphatic rings. The van der Waals surface area contributed by atoms with E-state index in [2.05, 4.69) is 10.2 Å². The average Bonchev–Trinajstić information content (AvgIpc) is 2.40. The summed E-state index contributed by atoms with van der Waals surface area (Å²) < 4.78 is 5.47. The van der Waals surface area contributed by atoms with Gasteiger partial charge >= 0.3 is 6.09 Å². The highest BCUT2D eigenvalue weighted by Gasteiger charge is 2.39. The SMILES string of the molecule is CC(C)(C)OC(=O)N1CCC(CN2CCNC3CCC32)CC1. The number of piperidine rings is 1. The Bertz CT molecular complexity index is 399. The molecule has 0 spiro atoms. The lowest BCUT2D eigenvalue weighted by molar-refractivity contribution is 0.00865. The lowest BCUT2D eigenvalue weighted by atomic mass is 9.82. The molecular weight excluding hydrogens is 278 g/mol. The highest BCUT2D eigenvalue weighted by atomic mass is 16.6. The van der Waals surface area contributed by atoms with Crippen molar-refractivity contribution in [2.75, 3.05) is 32.7 Å². The number of fused-ring (bicyclic) bond motifs is 1. The van der Waals surface area contributed by atoms with Crippen molar-refractivity contribution < 1.29 is 9.53 Å². The largest absolute Gasteiger partial charge is 0.444 e. The number of hydrogen-bond acceptors (Lipinski definition) is 4. The molecule has 2 saturated heterocycles. The molecule has 0 aromatic rings. The number of amides is 1. The molecule has 0 radical (unpaired) electrons. The van der Waals surface area contributed by atoms with Gasteiger partial charge in [-0.2, -0.15) is 0 Å². The molecule has 1 amide bonds. The third kappa shape index (κ3) is 3.74. The van der Waals surface area contributed by atoms with Gasteiger partial charge in [-0.25, -0.2) is 4.79 Å². The summed E-state index contributed by atoms with van der Waals surface area (Å²) in [6, 6.07) is 1.52. The van der Waals surface area contributed by atoms with Crippen LogP contribution < -0.4 is 5.32 Å². The van der Waals surface area contributed by atoms with Gasteiger partial charge in [0.15, 0.2) is 0 Å². The number of likely N-dealkylation sites (tertiary alicyclic amines) is 1. The van der Waals surface area contributed by atoms with Gasteiger partial charge in [-0.05, 0) is 52.4 Å². The molecule has 3 fully saturated rings. The van der Waals surface area contributed by atoms with Crippen LogP contribution in [-0.2, 0) is 4.74 Å². The van der Waals surface area contributed by atoms with Crippen molar-refractivity contribution in [2.45, 2.75) is 64.1 Å². The van der Waals surface area contributed by atoms with Crippen LogP contribution in [0.25, 0.3) is 0 Å². The Labute approximate surface area is 134 Å². The van der Waals surface area contributed by atoms with Crippen LogP contribution in [0.5, 0.6) is 0 Å². The van der Waals surface area contributed by atoms with Crippen molar-refractivity contribution in [3.05, 3.63) is 0 Å². The Morgan fingerprint density at radius 2 is 1.86 bits per heavy atom. The summed E-state index contributed by atoms with van der Waals surface area (Å²) in [5, 5.41) is 3.62. The molecule has 3 rings (SSSR count). The molecule has 2 aliphatic heterocycles. The van der Waals surface area contributed by atoms with E-state index < -0.39 is 5.60 Å². The number of rotatable bonds is 2. The molecule has 126 valence electrons. The van der Waals surface area contributed by atoms with E-state index in [1.165, 1.54) is 25.9 Å². The fourth-order valence-corrected chi connectivity index (χ4v) is 3.90. The maximum Gasteiger partial charge on any atom is 0.410 e. The zero-order chi connectivity index (χ0) is 15.7. The number of ether oxygens (including phenoxy) is 1. The Morgan fingerprint density at radius 3 is 2.45 bits per heavy atom. The molecule has 5 nitrogen and oxygen atoms in total. The van der Waals surface area contributed by atoms with E-state index in [4.69, 9.17) is 4.74 Å². The second-order valence-electron chi connectivity index (χ2n) is 8.11. The standard InChI is InChI=1S/C17H31N3O2/c1-17(2,3)22-16(21)19-9-6-13(7-10-19)12-20-11-8-18-14-4-5-15(14)20/h13-15,18H,4-12H2,1-3H3. The zero-order valence-electron chi connectivity index (χ0n) is 14.3. The van der Waals surface area contributed by atoms with E-state index in [0.29, 0.717) is 0 Å². The second-order valence-corrected chi connectivity index (χ2v) is 8.11. The van der Waals surface area contributed by atoms with Gasteiger partial charge in [0, 0.05) is 44.8 Å². The van der Waals surface area contributed by atoms with Crippen molar-refractivity contribution in [1.29, 1.82) is 0 Å². The normalized spacial score (nSPS) is 30.6. The van der Waals surface area contributed by atoms with Gasteiger partial charge in [0.25, 0.3) is 0 Å². The molecule has 22 heavy (non-hydrogen) atoms. The molecule has 1 N–H and O–H groups in total. The minimum absolute atomic E-state index is 0.146. The maximum atomic E-state index is 12.1. The van der Waals surface area contributed by atoms with E-state index in [1.54, 1.807) is 0 Å². The molecule has 0 aromatic carbocycles. The average molecular weight is 309 g/mol. The molecule has 2 unspecified atom stereocenters. The van der Waals surface area contributed by atoms with Gasteiger partial charge in [-0.1, -0.05) is 0 Å². The molecule has 2 atom stereocenters. The Kier molecular flexibility index (Phi) is 4.64. The second kappa shape index (κ2) is 6.36. The maximum absolute atomic E-state index is 12.1. The number of carbonyl (C=O) groups excluding carboxylic acids is 1. The van der Waals surface area contributed by atoms with E-state index in [9.17, 15) is 4.79 Å². The van der Waals surface area contributed by atoms with Gasteiger partial charge in [0.2, 0.25) is 0 Å². The number of nitrogens with one attached hydrogen (secondary N) is 1. The summed E-state index contributed by atoms with van der Waals surface area (Å²) in [6.45, 7) is 11.0. The van der Waals surface area contributed by atoms with Crippen molar-refractivity contribution in [1.82, 2.24) is 15.1 Å². The molecule has 5 heteroatoms. The van der Waals surface area contributed by atoms with Gasteiger partial charge in [-0.15, -0.1) is 0 Å². The quantitative estimate of drug-likeness (QED) is 0.848. The summed E-state index contributed by atoms with van der Waals surface area (Å²) in [7, 11) is 0. The van der Waals surface area contributed by atoms with Gasteiger partial charge < -0.3 is 15.0 Å². The predicted molar refractivity (Wildman–Crippen MR) is 86.9 cm³/mol. The van der Waals surface area contributed by atoms with Crippen molar-refractivity contribution in [3.63, 3.8) is 0 Å². The van der Waals surface area contributed by atoms with Crippen LogP contribution in [0.3, 0.4) is 0 Å². The van der Waals surface area contributed by atoms with Gasteiger partial charge in [0.1, 0.15) is 5.60 Å². The third-order valence-electron chi connectivity index (χ3n) is 5.27. The summed E-state index contributed by atoms with van der Waals surface area (Å²) in [6.07, 6.45) is 4.78. The summed E-state index contributed by atoms with van der Waals surface area (Å²) in [5.41, 5.74) is -0.395. The van der Waals surface area contributed by atoms with Crippen LogP contribution in [0.15, 0.2) is 0 Å². The molecule has 2 heterocycles. The van der Waals surface area contributed by atoms with Crippen LogP contribution in [0, 0.1) is 5.92 Å². The molecule has 1 aliphatic carbocycles. The smallest absolute Gasteiger partial charge is 0.410 e. The number of hydrogen-bond donors (Lipinski definition) is 1. The summed E-state index contributed by atoms with van der Waals surface area (Å²) in [4.78, 5) is 16.7. The predicted octanol–water partition coefficient (Wildman–Crippen LogP) is 2.07. The van der Waals surface area contributed by atoms with Crippen LogP contribution in [-0.4, -0.2) is 66.3 Å². The van der Waals surface area contributed by atoms with Crippen molar-refractivity contribution in [3.8, 4) is 0 Å². The minimum Gasteiger partial charge on any atom is -0.444 e. The Hall–Kier alpha value is -0.810. The fourth-order valence-electron chi connectivity index (χ4n) is 3.90. The third-order valence-corrected chi connectivity index (χ3v) is 5.27. The highest BCUT2D eigenvalue weighted by molar-refractivity contribution is 5.68. The van der Waals surface area contributed by atoms with Crippen LogP contribution in [0.1, 0.15) is 46.5 Å². The first-order chi connectivity index (χ1) is 10.4. The first-order valence-electron chi connectivity index (χ1n) is 8.88. The van der Waals surface area contributed by atoms with E-state index in [0.717, 1.165) is 50.5 Å². The van der Waals surface area contributed by atoms with Crippen LogP contribution in [0.2, 0.25) is 0 Å². The van der Waals surface area contributed by atoms with Gasteiger partial charge in [-0.3, -0.25) is 4.90 Å².